The Hall–Kier alpha value is -1.69. The van der Waals surface area contributed by atoms with Crippen molar-refractivity contribution in [2.24, 2.45) is 0 Å². The van der Waals surface area contributed by atoms with Crippen LogP contribution in [0.3, 0.4) is 0 Å². The topological polar surface area (TPSA) is 64.3 Å². The van der Waals surface area contributed by atoms with E-state index in [4.69, 9.17) is 10.5 Å². The number of rotatable bonds is 6. The monoisotopic (exact) mass is 258 g/mol. The fourth-order valence-corrected chi connectivity index (χ4v) is 1.39. The van der Waals surface area contributed by atoms with Gasteiger partial charge < -0.3 is 15.8 Å². The molecular weight excluding hydrogens is 242 g/mol. The fourth-order valence-electron chi connectivity index (χ4n) is 1.39. The van der Waals surface area contributed by atoms with E-state index in [1.54, 1.807) is 0 Å². The third-order valence-corrected chi connectivity index (χ3v) is 2.30. The molecule has 4 nitrogen and oxygen atoms in total. The predicted octanol–water partition coefficient (Wildman–Crippen LogP) is 1.70. The highest BCUT2D eigenvalue weighted by molar-refractivity contribution is 5.95. The Labute approximate surface area is 104 Å². The van der Waals surface area contributed by atoms with Gasteiger partial charge in [-0.3, -0.25) is 4.79 Å². The number of hydrogen-bond acceptors (Lipinski definition) is 3. The average molecular weight is 258 g/mol. The average Bonchev–Trinajstić information content (AvgIpc) is 2.34. The van der Waals surface area contributed by atoms with E-state index in [0.717, 1.165) is 12.1 Å². The highest BCUT2D eigenvalue weighted by Gasteiger charge is 2.18. The zero-order chi connectivity index (χ0) is 13.5. The molecule has 1 aromatic carbocycles. The maximum absolute atomic E-state index is 13.5. The maximum Gasteiger partial charge on any atom is 0.257 e. The van der Waals surface area contributed by atoms with Crippen molar-refractivity contribution < 1.29 is 18.3 Å². The van der Waals surface area contributed by atoms with Gasteiger partial charge in [-0.25, -0.2) is 8.78 Å². The molecule has 100 valence electrons. The molecule has 0 bridgehead atoms. The standard InChI is InChI=1S/C12H16F2N2O2/c1-2-18-7-3-6-16-12(17)10-8(13)4-5-9(15)11(10)14/h4-5H,2-3,6-7,15H2,1H3,(H,16,17). The van der Waals surface area contributed by atoms with Crippen LogP contribution < -0.4 is 11.1 Å². The highest BCUT2D eigenvalue weighted by Crippen LogP contribution is 2.18. The van der Waals surface area contributed by atoms with Crippen LogP contribution in [0.5, 0.6) is 0 Å². The van der Waals surface area contributed by atoms with Gasteiger partial charge in [0.15, 0.2) is 5.82 Å². The number of nitrogen functional groups attached to an aromatic ring is 1. The normalized spacial score (nSPS) is 10.4. The molecule has 0 aromatic heterocycles. The van der Waals surface area contributed by atoms with E-state index in [0.29, 0.717) is 19.6 Å². The zero-order valence-electron chi connectivity index (χ0n) is 10.1. The number of carbonyl (C=O) groups excluding carboxylic acids is 1. The van der Waals surface area contributed by atoms with Crippen molar-refractivity contribution in [2.45, 2.75) is 13.3 Å². The number of nitrogens with one attached hydrogen (secondary N) is 1. The van der Waals surface area contributed by atoms with Crippen LogP contribution in [-0.4, -0.2) is 25.7 Å². The van der Waals surface area contributed by atoms with E-state index < -0.39 is 23.1 Å². The summed E-state index contributed by atoms with van der Waals surface area (Å²) in [5.41, 5.74) is 4.38. The minimum absolute atomic E-state index is 0.254. The summed E-state index contributed by atoms with van der Waals surface area (Å²) in [5, 5.41) is 2.41. The minimum atomic E-state index is -1.03. The molecule has 0 saturated heterocycles. The molecule has 0 aliphatic carbocycles. The van der Waals surface area contributed by atoms with Gasteiger partial charge in [0.1, 0.15) is 11.4 Å². The van der Waals surface area contributed by atoms with Crippen molar-refractivity contribution in [1.29, 1.82) is 0 Å². The lowest BCUT2D eigenvalue weighted by molar-refractivity contribution is 0.0936. The van der Waals surface area contributed by atoms with Gasteiger partial charge in [-0.15, -0.1) is 0 Å². The van der Waals surface area contributed by atoms with Crippen LogP contribution in [0.4, 0.5) is 14.5 Å². The number of ether oxygens (including phenoxy) is 1. The quantitative estimate of drug-likeness (QED) is 0.603. The van der Waals surface area contributed by atoms with Crippen molar-refractivity contribution >= 4 is 11.6 Å². The summed E-state index contributed by atoms with van der Waals surface area (Å²) in [5.74, 6) is -2.77. The van der Waals surface area contributed by atoms with Gasteiger partial charge in [0.2, 0.25) is 0 Å². The summed E-state index contributed by atoms with van der Waals surface area (Å²) in [6.07, 6.45) is 0.575. The van der Waals surface area contributed by atoms with Gasteiger partial charge in [-0.05, 0) is 25.5 Å². The summed E-state index contributed by atoms with van der Waals surface area (Å²) in [7, 11) is 0. The van der Waals surface area contributed by atoms with Crippen molar-refractivity contribution in [1.82, 2.24) is 5.32 Å². The molecule has 1 aromatic rings. The second-order valence-electron chi connectivity index (χ2n) is 3.63. The molecule has 0 saturated carbocycles. The van der Waals surface area contributed by atoms with Crippen LogP contribution in [0.1, 0.15) is 23.7 Å². The molecule has 18 heavy (non-hydrogen) atoms. The van der Waals surface area contributed by atoms with Crippen LogP contribution in [-0.2, 0) is 4.74 Å². The van der Waals surface area contributed by atoms with Crippen LogP contribution in [0.15, 0.2) is 12.1 Å². The number of amides is 1. The van der Waals surface area contributed by atoms with Crippen molar-refractivity contribution in [3.05, 3.63) is 29.3 Å². The Morgan fingerprint density at radius 3 is 2.83 bits per heavy atom. The zero-order valence-corrected chi connectivity index (χ0v) is 10.1. The van der Waals surface area contributed by atoms with Gasteiger partial charge in [-0.1, -0.05) is 0 Å². The number of anilines is 1. The first kappa shape index (κ1) is 14.4. The third-order valence-electron chi connectivity index (χ3n) is 2.30. The van der Waals surface area contributed by atoms with Crippen LogP contribution in [0.25, 0.3) is 0 Å². The smallest absolute Gasteiger partial charge is 0.257 e. The lowest BCUT2D eigenvalue weighted by atomic mass is 10.1. The van der Waals surface area contributed by atoms with Gasteiger partial charge >= 0.3 is 0 Å². The van der Waals surface area contributed by atoms with Crippen LogP contribution >= 0.6 is 0 Å². The van der Waals surface area contributed by atoms with Gasteiger partial charge in [0.25, 0.3) is 5.91 Å². The Balaban J connectivity index is 2.59. The molecule has 0 aliphatic heterocycles. The second-order valence-corrected chi connectivity index (χ2v) is 3.63. The van der Waals surface area contributed by atoms with Crippen molar-refractivity contribution in [3.63, 3.8) is 0 Å². The summed E-state index contributed by atoms with van der Waals surface area (Å²) >= 11 is 0. The molecule has 0 atom stereocenters. The minimum Gasteiger partial charge on any atom is -0.396 e. The molecule has 6 heteroatoms. The van der Waals surface area contributed by atoms with E-state index in [-0.39, 0.29) is 12.2 Å². The Morgan fingerprint density at radius 1 is 1.44 bits per heavy atom. The number of carbonyl (C=O) groups is 1. The lowest BCUT2D eigenvalue weighted by Crippen LogP contribution is -2.27. The molecule has 1 rings (SSSR count). The van der Waals surface area contributed by atoms with E-state index in [1.165, 1.54) is 0 Å². The molecule has 3 N–H and O–H groups in total. The highest BCUT2D eigenvalue weighted by atomic mass is 19.1. The summed E-state index contributed by atoms with van der Waals surface area (Å²) in [4.78, 5) is 11.6. The van der Waals surface area contributed by atoms with E-state index in [2.05, 4.69) is 5.32 Å². The SMILES string of the molecule is CCOCCCNC(=O)c1c(F)ccc(N)c1F. The first-order valence-electron chi connectivity index (χ1n) is 5.67. The fraction of sp³-hybridized carbons (Fsp3) is 0.417. The molecule has 0 unspecified atom stereocenters. The van der Waals surface area contributed by atoms with Gasteiger partial charge in [-0.2, -0.15) is 0 Å². The second kappa shape index (κ2) is 6.90. The molecule has 1 amide bonds. The molecule has 0 fully saturated rings. The Morgan fingerprint density at radius 2 is 2.17 bits per heavy atom. The van der Waals surface area contributed by atoms with Crippen LogP contribution in [0, 0.1) is 11.6 Å². The molecule has 0 radical (unpaired) electrons. The Bertz CT molecular complexity index is 425. The van der Waals surface area contributed by atoms with Crippen LogP contribution in [0.2, 0.25) is 0 Å². The number of benzene rings is 1. The van der Waals surface area contributed by atoms with E-state index in [1.807, 2.05) is 6.92 Å². The lowest BCUT2D eigenvalue weighted by Gasteiger charge is -2.08. The molecular formula is C12H16F2N2O2. The van der Waals surface area contributed by atoms with E-state index >= 15 is 0 Å². The number of nitrogens with two attached hydrogens (primary N) is 1. The molecule has 0 spiro atoms. The number of hydrogen-bond donors (Lipinski definition) is 2. The maximum atomic E-state index is 13.5. The summed E-state index contributed by atoms with van der Waals surface area (Å²) in [6.45, 7) is 3.22. The molecule has 0 heterocycles. The largest absolute Gasteiger partial charge is 0.396 e. The van der Waals surface area contributed by atoms with Crippen molar-refractivity contribution in [3.8, 4) is 0 Å². The number of halogens is 2. The summed E-state index contributed by atoms with van der Waals surface area (Å²) in [6, 6.07) is 2.05. The van der Waals surface area contributed by atoms with Gasteiger partial charge in [0.05, 0.1) is 5.69 Å². The van der Waals surface area contributed by atoms with E-state index in [9.17, 15) is 13.6 Å². The van der Waals surface area contributed by atoms with Gasteiger partial charge in [0, 0.05) is 19.8 Å². The summed E-state index contributed by atoms with van der Waals surface area (Å²) < 4.78 is 31.9. The van der Waals surface area contributed by atoms with Crippen molar-refractivity contribution in [2.75, 3.05) is 25.5 Å². The third kappa shape index (κ3) is 3.66. The Kier molecular flexibility index (Phi) is 5.51. The first-order valence-corrected chi connectivity index (χ1v) is 5.67. The first-order chi connectivity index (χ1) is 8.57. The predicted molar refractivity (Wildman–Crippen MR) is 64.2 cm³/mol. The molecule has 0 aliphatic rings.